The van der Waals surface area contributed by atoms with Gasteiger partial charge in [0.1, 0.15) is 0 Å². The summed E-state index contributed by atoms with van der Waals surface area (Å²) in [5.74, 6) is -3.29. The van der Waals surface area contributed by atoms with Gasteiger partial charge in [0, 0.05) is 5.69 Å². The topological polar surface area (TPSA) is 89.3 Å². The fourth-order valence-corrected chi connectivity index (χ4v) is 2.72. The Balaban J connectivity index is 0.00000441. The van der Waals surface area contributed by atoms with Crippen molar-refractivity contribution in [3.63, 3.8) is 0 Å². The summed E-state index contributed by atoms with van der Waals surface area (Å²) in [5.41, 5.74) is 5.77. The molecule has 0 spiro atoms. The highest BCUT2D eigenvalue weighted by molar-refractivity contribution is 7.98. The van der Waals surface area contributed by atoms with E-state index in [1.165, 1.54) is 12.1 Å². The fraction of sp³-hybridized carbons (Fsp3) is 0.417. The quantitative estimate of drug-likeness (QED) is 0.763. The third-order valence-corrected chi connectivity index (χ3v) is 4.66. The number of nitrogens with two attached hydrogens (primary N) is 1. The van der Waals surface area contributed by atoms with Gasteiger partial charge in [-0.1, -0.05) is 6.07 Å². The number of carbonyl (C=O) groups is 1. The number of halogens is 3. The molecule has 1 rings (SSSR count). The summed E-state index contributed by atoms with van der Waals surface area (Å²) in [6.45, 7) is 0. The number of hydrogen-bond acceptors (Lipinski definition) is 5. The Kier molecular flexibility index (Phi) is 8.91. The Hall–Kier alpha value is -0.900. The molecule has 0 saturated carbocycles. The van der Waals surface area contributed by atoms with Crippen molar-refractivity contribution in [1.29, 1.82) is 0 Å². The number of carbonyl (C=O) groups excluding carboxylic acids is 1. The molecule has 0 heterocycles. The van der Waals surface area contributed by atoms with E-state index in [9.17, 15) is 22.0 Å². The van der Waals surface area contributed by atoms with Crippen molar-refractivity contribution in [2.75, 3.05) is 17.3 Å². The maximum absolute atomic E-state index is 12.5. The van der Waals surface area contributed by atoms with Gasteiger partial charge in [-0.2, -0.15) is 20.5 Å². The highest BCUT2D eigenvalue weighted by Gasteiger charge is 2.26. The molecule has 126 valence electrons. The van der Waals surface area contributed by atoms with Crippen LogP contribution in [0.4, 0.5) is 14.5 Å². The van der Waals surface area contributed by atoms with E-state index in [0.29, 0.717) is 12.2 Å². The van der Waals surface area contributed by atoms with E-state index in [4.69, 9.17) is 5.73 Å². The van der Waals surface area contributed by atoms with Crippen molar-refractivity contribution in [3.8, 4) is 0 Å². The van der Waals surface area contributed by atoms with Gasteiger partial charge >= 0.3 is 5.76 Å². The number of hydrogen-bond donors (Lipinski definition) is 2. The van der Waals surface area contributed by atoms with Crippen molar-refractivity contribution in [2.45, 2.75) is 23.1 Å². The van der Waals surface area contributed by atoms with Crippen LogP contribution in [0.15, 0.2) is 29.2 Å². The van der Waals surface area contributed by atoms with Crippen LogP contribution in [0.3, 0.4) is 0 Å². The molecule has 5 nitrogen and oxygen atoms in total. The van der Waals surface area contributed by atoms with Gasteiger partial charge in [0.05, 0.1) is 10.9 Å². The van der Waals surface area contributed by atoms with E-state index in [1.54, 1.807) is 11.8 Å². The molecule has 0 bridgehead atoms. The maximum Gasteiger partial charge on any atom is 0.341 e. The zero-order chi connectivity index (χ0) is 16.0. The van der Waals surface area contributed by atoms with Gasteiger partial charge in [0.2, 0.25) is 15.7 Å². The molecule has 22 heavy (non-hydrogen) atoms. The molecule has 1 aromatic rings. The lowest BCUT2D eigenvalue weighted by Crippen LogP contribution is -2.36. The monoisotopic (exact) mass is 374 g/mol. The second-order valence-corrected chi connectivity index (χ2v) is 7.11. The molecule has 1 aromatic carbocycles. The third kappa shape index (κ3) is 5.71. The molecule has 0 fully saturated rings. The first-order valence-electron chi connectivity index (χ1n) is 5.96. The molecule has 0 aliphatic rings. The van der Waals surface area contributed by atoms with E-state index >= 15 is 0 Å². The molecule has 0 aliphatic heterocycles. The zero-order valence-electron chi connectivity index (χ0n) is 11.7. The predicted octanol–water partition coefficient (Wildman–Crippen LogP) is 2.12. The molecular formula is C12H17ClF2N2O3S2. The van der Waals surface area contributed by atoms with Gasteiger partial charge in [-0.05, 0) is 36.6 Å². The minimum Gasteiger partial charge on any atom is -0.325 e. The van der Waals surface area contributed by atoms with E-state index in [1.807, 2.05) is 6.26 Å². The molecule has 0 aliphatic carbocycles. The number of sulfone groups is 1. The second-order valence-electron chi connectivity index (χ2n) is 4.21. The van der Waals surface area contributed by atoms with Gasteiger partial charge in [0.25, 0.3) is 0 Å². The van der Waals surface area contributed by atoms with Crippen LogP contribution in [0.2, 0.25) is 0 Å². The van der Waals surface area contributed by atoms with Gasteiger partial charge in [-0.25, -0.2) is 8.42 Å². The van der Waals surface area contributed by atoms with E-state index < -0.39 is 32.4 Å². The first-order chi connectivity index (χ1) is 9.78. The average Bonchev–Trinajstić information content (AvgIpc) is 2.44. The molecule has 1 amide bonds. The lowest BCUT2D eigenvalue weighted by molar-refractivity contribution is -0.117. The maximum atomic E-state index is 12.5. The lowest BCUT2D eigenvalue weighted by Gasteiger charge is -2.12. The Morgan fingerprint density at radius 1 is 1.41 bits per heavy atom. The third-order valence-electron chi connectivity index (χ3n) is 2.63. The van der Waals surface area contributed by atoms with Crippen LogP contribution in [0, 0.1) is 0 Å². The predicted molar refractivity (Wildman–Crippen MR) is 86.5 cm³/mol. The van der Waals surface area contributed by atoms with Crippen molar-refractivity contribution < 1.29 is 22.0 Å². The number of alkyl halides is 2. The van der Waals surface area contributed by atoms with Crippen molar-refractivity contribution in [2.24, 2.45) is 5.73 Å². The number of anilines is 1. The Morgan fingerprint density at radius 2 is 2.05 bits per heavy atom. The first-order valence-corrected chi connectivity index (χ1v) is 8.90. The van der Waals surface area contributed by atoms with Crippen LogP contribution in [-0.4, -0.2) is 38.1 Å². The van der Waals surface area contributed by atoms with Crippen LogP contribution in [-0.2, 0) is 14.6 Å². The summed E-state index contributed by atoms with van der Waals surface area (Å²) in [4.78, 5) is 11.2. The van der Waals surface area contributed by atoms with E-state index in [0.717, 1.165) is 12.1 Å². The molecule has 0 radical (unpaired) electrons. The van der Waals surface area contributed by atoms with Crippen molar-refractivity contribution in [1.82, 2.24) is 0 Å². The summed E-state index contributed by atoms with van der Waals surface area (Å²) in [6.07, 6.45) is 2.34. The normalized spacial score (nSPS) is 12.6. The molecule has 0 aromatic heterocycles. The van der Waals surface area contributed by atoms with Crippen molar-refractivity contribution >= 4 is 45.6 Å². The van der Waals surface area contributed by atoms with Crippen LogP contribution in [0.1, 0.15) is 6.42 Å². The van der Waals surface area contributed by atoms with E-state index in [-0.39, 0.29) is 18.1 Å². The molecule has 0 saturated heterocycles. The SMILES string of the molecule is CSCC[C@H](N)C(=O)Nc1cccc(S(=O)(=O)C(F)F)c1.Cl. The molecule has 0 unspecified atom stereocenters. The summed E-state index contributed by atoms with van der Waals surface area (Å²) in [6, 6.07) is 3.97. The number of nitrogens with one attached hydrogen (secondary N) is 1. The van der Waals surface area contributed by atoms with Crippen LogP contribution >= 0.6 is 24.2 Å². The molecule has 1 atom stereocenters. The number of rotatable bonds is 7. The number of thioether (sulfide) groups is 1. The van der Waals surface area contributed by atoms with Gasteiger partial charge in [-0.3, -0.25) is 4.79 Å². The Morgan fingerprint density at radius 3 is 2.59 bits per heavy atom. The van der Waals surface area contributed by atoms with Gasteiger partial charge in [-0.15, -0.1) is 12.4 Å². The summed E-state index contributed by atoms with van der Waals surface area (Å²) < 4.78 is 47.6. The highest BCUT2D eigenvalue weighted by Crippen LogP contribution is 2.21. The lowest BCUT2D eigenvalue weighted by atomic mass is 10.2. The number of benzene rings is 1. The smallest absolute Gasteiger partial charge is 0.325 e. The minimum absolute atomic E-state index is 0. The number of amides is 1. The fourth-order valence-electron chi connectivity index (χ4n) is 1.46. The summed E-state index contributed by atoms with van der Waals surface area (Å²) >= 11 is 1.54. The highest BCUT2D eigenvalue weighted by atomic mass is 35.5. The van der Waals surface area contributed by atoms with Crippen molar-refractivity contribution in [3.05, 3.63) is 24.3 Å². The van der Waals surface area contributed by atoms with Crippen LogP contribution < -0.4 is 11.1 Å². The first kappa shape index (κ1) is 21.1. The van der Waals surface area contributed by atoms with E-state index in [2.05, 4.69) is 5.32 Å². The minimum atomic E-state index is -4.69. The summed E-state index contributed by atoms with van der Waals surface area (Å²) in [5, 5.41) is 2.42. The van der Waals surface area contributed by atoms with Crippen LogP contribution in [0.25, 0.3) is 0 Å². The molecule has 3 N–H and O–H groups in total. The molecular weight excluding hydrogens is 358 g/mol. The Labute approximate surface area is 138 Å². The standard InChI is InChI=1S/C12H16F2N2O3S2.ClH/c1-20-6-5-10(15)11(17)16-8-3-2-4-9(7-8)21(18,19)12(13)14;/h2-4,7,10,12H,5-6,15H2,1H3,(H,16,17);1H/t10-;/m0./s1. The van der Waals surface area contributed by atoms with Crippen LogP contribution in [0.5, 0.6) is 0 Å². The second kappa shape index (κ2) is 9.29. The molecule has 10 heteroatoms. The Bertz CT molecular complexity index is 600. The zero-order valence-corrected chi connectivity index (χ0v) is 14.1. The largest absolute Gasteiger partial charge is 0.341 e. The van der Waals surface area contributed by atoms with Gasteiger partial charge < -0.3 is 11.1 Å². The van der Waals surface area contributed by atoms with Gasteiger partial charge in [0.15, 0.2) is 0 Å². The average molecular weight is 375 g/mol. The summed E-state index contributed by atoms with van der Waals surface area (Å²) in [7, 11) is -4.69.